The standard InChI is InChI=1S/C36H48F3NO2Si/c1-34(2,3)43(4,5)42-28-22-35(19-20-35)21-27-30(28)29(23-11-7-6-8-12-23)31(32(40-27)24-13-9-10-14-24)33(41)25-15-17-26(18-16-25)36(37,38)39/h15-18,23-24,28H,6-14,19-22H2,1-5H3/t28-/m0/s1. The van der Waals surface area contributed by atoms with Crippen LogP contribution in [0.2, 0.25) is 18.1 Å². The second kappa shape index (κ2) is 11.1. The quantitative estimate of drug-likeness (QED) is 0.241. The Morgan fingerprint density at radius 2 is 1.47 bits per heavy atom. The fourth-order valence-electron chi connectivity index (χ4n) is 7.80. The first-order valence-electron chi connectivity index (χ1n) is 16.7. The lowest BCUT2D eigenvalue weighted by molar-refractivity contribution is -0.137. The summed E-state index contributed by atoms with van der Waals surface area (Å²) < 4.78 is 47.6. The normalized spacial score (nSPS) is 23.0. The van der Waals surface area contributed by atoms with Crippen molar-refractivity contribution in [3.8, 4) is 0 Å². The molecule has 6 rings (SSSR count). The Morgan fingerprint density at radius 3 is 2.02 bits per heavy atom. The van der Waals surface area contributed by atoms with Crippen LogP contribution < -0.4 is 0 Å². The van der Waals surface area contributed by atoms with Crippen LogP contribution in [0.4, 0.5) is 13.2 Å². The van der Waals surface area contributed by atoms with E-state index in [4.69, 9.17) is 9.41 Å². The Bertz CT molecular complexity index is 1360. The van der Waals surface area contributed by atoms with Crippen LogP contribution in [0.1, 0.15) is 160 Å². The van der Waals surface area contributed by atoms with E-state index in [0.717, 1.165) is 93.3 Å². The number of carbonyl (C=O) groups excluding carboxylic acids is 1. The average Bonchev–Trinajstić information content (AvgIpc) is 3.45. The van der Waals surface area contributed by atoms with E-state index in [2.05, 4.69) is 33.9 Å². The molecule has 7 heteroatoms. The van der Waals surface area contributed by atoms with Crippen LogP contribution in [0.25, 0.3) is 0 Å². The highest BCUT2D eigenvalue weighted by atomic mass is 28.4. The lowest BCUT2D eigenvalue weighted by Crippen LogP contribution is -2.43. The van der Waals surface area contributed by atoms with E-state index in [0.29, 0.717) is 11.1 Å². The Kier molecular flexibility index (Phi) is 8.01. The van der Waals surface area contributed by atoms with Crippen molar-refractivity contribution in [2.24, 2.45) is 5.41 Å². The van der Waals surface area contributed by atoms with E-state index in [1.807, 2.05) is 0 Å². The van der Waals surface area contributed by atoms with Gasteiger partial charge in [-0.05, 0) is 98.5 Å². The Hall–Kier alpha value is -1.99. The van der Waals surface area contributed by atoms with Crippen molar-refractivity contribution in [1.82, 2.24) is 4.98 Å². The van der Waals surface area contributed by atoms with Gasteiger partial charge in [0.15, 0.2) is 14.1 Å². The molecule has 43 heavy (non-hydrogen) atoms. The zero-order chi connectivity index (χ0) is 30.8. The summed E-state index contributed by atoms with van der Waals surface area (Å²) in [4.78, 5) is 20.1. The number of ketones is 1. The monoisotopic (exact) mass is 611 g/mol. The molecule has 4 aliphatic rings. The number of aromatic nitrogens is 1. The molecule has 3 nitrogen and oxygen atoms in total. The average molecular weight is 612 g/mol. The third-order valence-corrected chi connectivity index (χ3v) is 16.0. The molecule has 1 heterocycles. The maximum absolute atomic E-state index is 14.7. The molecule has 3 saturated carbocycles. The summed E-state index contributed by atoms with van der Waals surface area (Å²) in [7, 11) is -2.16. The molecule has 1 aromatic heterocycles. The van der Waals surface area contributed by atoms with Crippen molar-refractivity contribution in [1.29, 1.82) is 0 Å². The van der Waals surface area contributed by atoms with Gasteiger partial charge in [-0.25, -0.2) is 0 Å². The highest BCUT2D eigenvalue weighted by molar-refractivity contribution is 6.74. The molecule has 1 atom stereocenters. The molecule has 0 aliphatic heterocycles. The van der Waals surface area contributed by atoms with Gasteiger partial charge >= 0.3 is 6.18 Å². The second-order valence-corrected chi connectivity index (χ2v) is 20.4. The fourth-order valence-corrected chi connectivity index (χ4v) is 9.07. The highest BCUT2D eigenvalue weighted by Gasteiger charge is 2.52. The van der Waals surface area contributed by atoms with E-state index in [-0.39, 0.29) is 34.2 Å². The second-order valence-electron chi connectivity index (χ2n) is 15.6. The molecule has 0 N–H and O–H groups in total. The lowest BCUT2D eigenvalue weighted by Gasteiger charge is -2.44. The highest BCUT2D eigenvalue weighted by Crippen LogP contribution is 2.61. The molecular weight excluding hydrogens is 563 g/mol. The number of nitrogens with zero attached hydrogens (tertiary/aromatic N) is 1. The number of alkyl halides is 3. The molecule has 1 aromatic carbocycles. The number of carbonyl (C=O) groups is 1. The largest absolute Gasteiger partial charge is 0.416 e. The van der Waals surface area contributed by atoms with Gasteiger partial charge in [0.2, 0.25) is 0 Å². The lowest BCUT2D eigenvalue weighted by atomic mass is 9.71. The van der Waals surface area contributed by atoms with Crippen LogP contribution in [0.3, 0.4) is 0 Å². The molecule has 0 unspecified atom stereocenters. The first-order chi connectivity index (χ1) is 20.2. The van der Waals surface area contributed by atoms with Gasteiger partial charge in [-0.2, -0.15) is 13.2 Å². The number of pyridine rings is 1. The van der Waals surface area contributed by atoms with Crippen LogP contribution in [-0.4, -0.2) is 19.1 Å². The predicted octanol–water partition coefficient (Wildman–Crippen LogP) is 10.8. The summed E-state index contributed by atoms with van der Waals surface area (Å²) in [6.45, 7) is 11.5. The molecule has 3 fully saturated rings. The molecule has 1 spiro atoms. The molecular formula is C36H48F3NO2Si. The Morgan fingerprint density at radius 1 is 0.884 bits per heavy atom. The van der Waals surface area contributed by atoms with Gasteiger partial charge in [0.1, 0.15) is 0 Å². The zero-order valence-corrected chi connectivity index (χ0v) is 27.6. The Balaban J connectivity index is 1.57. The van der Waals surface area contributed by atoms with Gasteiger partial charge < -0.3 is 4.43 Å². The predicted molar refractivity (Wildman–Crippen MR) is 167 cm³/mol. The van der Waals surface area contributed by atoms with Crippen molar-refractivity contribution in [3.63, 3.8) is 0 Å². The van der Waals surface area contributed by atoms with Crippen LogP contribution >= 0.6 is 0 Å². The van der Waals surface area contributed by atoms with Gasteiger partial charge in [-0.3, -0.25) is 9.78 Å². The van der Waals surface area contributed by atoms with Crippen LogP contribution in [-0.2, 0) is 17.0 Å². The molecule has 234 valence electrons. The van der Waals surface area contributed by atoms with Crippen LogP contribution in [0.5, 0.6) is 0 Å². The Labute approximate surface area is 256 Å². The smallest absolute Gasteiger partial charge is 0.410 e. The van der Waals surface area contributed by atoms with E-state index in [1.165, 1.54) is 37.0 Å². The third kappa shape index (κ3) is 6.02. The SMILES string of the molecule is CC(C)(C)[Si](C)(C)O[C@H]1CC2(CC2)Cc2nc(C3CCCC3)c(C(=O)c3ccc(C(F)(F)F)cc3)c(C3CCCCC3)c21. The van der Waals surface area contributed by atoms with E-state index < -0.39 is 20.1 Å². The van der Waals surface area contributed by atoms with E-state index in [9.17, 15) is 18.0 Å². The first-order valence-corrected chi connectivity index (χ1v) is 19.6. The van der Waals surface area contributed by atoms with E-state index >= 15 is 0 Å². The van der Waals surface area contributed by atoms with E-state index in [1.54, 1.807) is 0 Å². The minimum atomic E-state index is -4.44. The van der Waals surface area contributed by atoms with Gasteiger partial charge in [0.25, 0.3) is 0 Å². The van der Waals surface area contributed by atoms with Crippen molar-refractivity contribution in [2.45, 2.75) is 146 Å². The minimum Gasteiger partial charge on any atom is -0.410 e. The van der Waals surface area contributed by atoms with Gasteiger partial charge in [0.05, 0.1) is 17.4 Å². The molecule has 0 bridgehead atoms. The van der Waals surface area contributed by atoms with Gasteiger partial charge in [0, 0.05) is 28.3 Å². The van der Waals surface area contributed by atoms with Crippen molar-refractivity contribution in [2.75, 3.05) is 0 Å². The molecule has 2 aromatic rings. The van der Waals surface area contributed by atoms with Gasteiger partial charge in [-0.1, -0.05) is 65.0 Å². The molecule has 4 aliphatic carbocycles. The number of fused-ring (bicyclic) bond motifs is 1. The first kappa shape index (κ1) is 31.0. The molecule has 0 saturated heterocycles. The molecule has 0 amide bonds. The summed E-state index contributed by atoms with van der Waals surface area (Å²) >= 11 is 0. The van der Waals surface area contributed by atoms with Crippen molar-refractivity contribution >= 4 is 14.1 Å². The van der Waals surface area contributed by atoms with Crippen LogP contribution in [0.15, 0.2) is 24.3 Å². The number of rotatable bonds is 6. The van der Waals surface area contributed by atoms with Crippen molar-refractivity contribution in [3.05, 3.63) is 63.5 Å². The summed E-state index contributed by atoms with van der Waals surface area (Å²) in [6, 6.07) is 4.84. The summed E-state index contributed by atoms with van der Waals surface area (Å²) in [5.41, 5.74) is 4.94. The van der Waals surface area contributed by atoms with Crippen LogP contribution in [0, 0.1) is 5.41 Å². The number of hydrogen-bond acceptors (Lipinski definition) is 3. The maximum atomic E-state index is 14.7. The summed E-state index contributed by atoms with van der Waals surface area (Å²) in [5.74, 6) is 0.306. The molecule has 0 radical (unpaired) electrons. The zero-order valence-electron chi connectivity index (χ0n) is 26.6. The summed E-state index contributed by atoms with van der Waals surface area (Å²) in [5, 5.41) is 0.0441. The minimum absolute atomic E-state index is 0.0441. The maximum Gasteiger partial charge on any atom is 0.416 e. The third-order valence-electron chi connectivity index (χ3n) is 11.5. The number of benzene rings is 1. The topological polar surface area (TPSA) is 39.2 Å². The van der Waals surface area contributed by atoms with Crippen molar-refractivity contribution < 1.29 is 22.4 Å². The fraction of sp³-hybridized carbons (Fsp3) is 0.667. The summed E-state index contributed by atoms with van der Waals surface area (Å²) in [6.07, 6.45) is 9.61. The van der Waals surface area contributed by atoms with Gasteiger partial charge in [-0.15, -0.1) is 0 Å². The number of halogens is 3. The number of hydrogen-bond donors (Lipinski definition) is 0.